The van der Waals surface area contributed by atoms with E-state index in [9.17, 15) is 4.79 Å². The van der Waals surface area contributed by atoms with Crippen LogP contribution in [0.2, 0.25) is 0 Å². The van der Waals surface area contributed by atoms with E-state index < -0.39 is 0 Å². The molecule has 0 N–H and O–H groups in total. The molecule has 4 atom stereocenters. The number of ketones is 1. The van der Waals surface area contributed by atoms with Crippen molar-refractivity contribution in [3.05, 3.63) is 0 Å². The van der Waals surface area contributed by atoms with Gasteiger partial charge in [0.15, 0.2) is 0 Å². The van der Waals surface area contributed by atoms with Crippen LogP contribution in [0.4, 0.5) is 0 Å². The van der Waals surface area contributed by atoms with Crippen molar-refractivity contribution in [3.63, 3.8) is 0 Å². The zero-order valence-corrected chi connectivity index (χ0v) is 11.2. The third-order valence-electron chi connectivity index (χ3n) is 4.05. The maximum atomic E-state index is 12.1. The summed E-state index contributed by atoms with van der Waals surface area (Å²) in [6, 6.07) is 0. The monoisotopic (exact) mass is 226 g/mol. The first-order valence-electron chi connectivity index (χ1n) is 6.56. The van der Waals surface area contributed by atoms with E-state index in [0.29, 0.717) is 36.6 Å². The van der Waals surface area contributed by atoms with Gasteiger partial charge in [-0.2, -0.15) is 0 Å². The summed E-state index contributed by atoms with van der Waals surface area (Å²) in [6.07, 6.45) is 4.11. The Morgan fingerprint density at radius 2 is 2.00 bits per heavy atom. The fraction of sp³-hybridized carbons (Fsp3) is 0.929. The van der Waals surface area contributed by atoms with Gasteiger partial charge < -0.3 is 4.74 Å². The summed E-state index contributed by atoms with van der Waals surface area (Å²) in [5.74, 6) is 2.65. The van der Waals surface area contributed by atoms with Gasteiger partial charge in [0.05, 0.1) is 0 Å². The van der Waals surface area contributed by atoms with E-state index >= 15 is 0 Å². The summed E-state index contributed by atoms with van der Waals surface area (Å²) < 4.78 is 5.08. The van der Waals surface area contributed by atoms with Crippen molar-refractivity contribution in [2.24, 2.45) is 23.7 Å². The first-order chi connectivity index (χ1) is 7.54. The van der Waals surface area contributed by atoms with Crippen LogP contribution < -0.4 is 0 Å². The van der Waals surface area contributed by atoms with Crippen LogP contribution in [-0.4, -0.2) is 19.5 Å². The SMILES string of the molecule is COCC(C)CC(=O)C1CCC(C)C(C)C1. The van der Waals surface area contributed by atoms with Crippen molar-refractivity contribution in [3.8, 4) is 0 Å². The fourth-order valence-electron chi connectivity index (χ4n) is 2.69. The van der Waals surface area contributed by atoms with Gasteiger partial charge in [0.1, 0.15) is 5.78 Å². The van der Waals surface area contributed by atoms with Crippen LogP contribution in [0, 0.1) is 23.7 Å². The Kier molecular flexibility index (Phi) is 5.47. The van der Waals surface area contributed by atoms with E-state index in [4.69, 9.17) is 4.74 Å². The molecule has 1 fully saturated rings. The van der Waals surface area contributed by atoms with Crippen molar-refractivity contribution in [1.29, 1.82) is 0 Å². The van der Waals surface area contributed by atoms with Gasteiger partial charge in [-0.15, -0.1) is 0 Å². The third-order valence-corrected chi connectivity index (χ3v) is 4.05. The topological polar surface area (TPSA) is 26.3 Å². The zero-order valence-electron chi connectivity index (χ0n) is 11.2. The van der Waals surface area contributed by atoms with Crippen molar-refractivity contribution in [2.75, 3.05) is 13.7 Å². The largest absolute Gasteiger partial charge is 0.384 e. The highest BCUT2D eigenvalue weighted by atomic mass is 16.5. The summed E-state index contributed by atoms with van der Waals surface area (Å²) in [7, 11) is 1.70. The number of ether oxygens (including phenoxy) is 1. The van der Waals surface area contributed by atoms with E-state index in [0.717, 1.165) is 18.8 Å². The number of hydrogen-bond donors (Lipinski definition) is 0. The lowest BCUT2D eigenvalue weighted by Crippen LogP contribution is -2.27. The van der Waals surface area contributed by atoms with Crippen LogP contribution in [0.25, 0.3) is 0 Å². The molecule has 0 aromatic rings. The molecular weight excluding hydrogens is 200 g/mol. The van der Waals surface area contributed by atoms with Gasteiger partial charge in [0.25, 0.3) is 0 Å². The molecule has 0 heterocycles. The van der Waals surface area contributed by atoms with Crippen LogP contribution in [0.3, 0.4) is 0 Å². The lowest BCUT2D eigenvalue weighted by molar-refractivity contribution is -0.125. The molecule has 16 heavy (non-hydrogen) atoms. The number of carbonyl (C=O) groups excluding carboxylic acids is 1. The molecule has 0 aromatic heterocycles. The molecule has 0 aliphatic heterocycles. The Bertz CT molecular complexity index is 225. The van der Waals surface area contributed by atoms with Gasteiger partial charge in [0.2, 0.25) is 0 Å². The second-order valence-electron chi connectivity index (χ2n) is 5.70. The van der Waals surface area contributed by atoms with Crippen LogP contribution in [-0.2, 0) is 9.53 Å². The average Bonchev–Trinajstić information content (AvgIpc) is 2.22. The van der Waals surface area contributed by atoms with Gasteiger partial charge in [0, 0.05) is 26.1 Å². The minimum atomic E-state index is 0.325. The highest BCUT2D eigenvalue weighted by Gasteiger charge is 2.29. The molecule has 0 amide bonds. The van der Waals surface area contributed by atoms with Crippen molar-refractivity contribution in [1.82, 2.24) is 0 Å². The van der Waals surface area contributed by atoms with Crippen LogP contribution in [0.15, 0.2) is 0 Å². The predicted molar refractivity (Wildman–Crippen MR) is 66.3 cm³/mol. The maximum absolute atomic E-state index is 12.1. The molecule has 0 spiro atoms. The molecule has 2 heteroatoms. The average molecular weight is 226 g/mol. The molecule has 2 nitrogen and oxygen atoms in total. The summed E-state index contributed by atoms with van der Waals surface area (Å²) in [4.78, 5) is 12.1. The lowest BCUT2D eigenvalue weighted by Gasteiger charge is -2.31. The Balaban J connectivity index is 2.37. The Hall–Kier alpha value is -0.370. The Morgan fingerprint density at radius 1 is 1.31 bits per heavy atom. The predicted octanol–water partition coefficient (Wildman–Crippen LogP) is 3.30. The second kappa shape index (κ2) is 6.39. The molecule has 1 aliphatic carbocycles. The third kappa shape index (κ3) is 3.89. The summed E-state index contributed by atoms with van der Waals surface area (Å²) >= 11 is 0. The van der Waals surface area contributed by atoms with E-state index in [1.807, 2.05) is 0 Å². The summed E-state index contributed by atoms with van der Waals surface area (Å²) in [5.41, 5.74) is 0. The molecular formula is C14H26O2. The molecule has 1 rings (SSSR count). The first kappa shape index (κ1) is 13.7. The molecule has 1 saturated carbocycles. The quantitative estimate of drug-likeness (QED) is 0.719. The summed E-state index contributed by atoms with van der Waals surface area (Å²) in [5, 5.41) is 0. The number of carbonyl (C=O) groups is 1. The second-order valence-corrected chi connectivity index (χ2v) is 5.70. The fourth-order valence-corrected chi connectivity index (χ4v) is 2.69. The molecule has 4 unspecified atom stereocenters. The molecule has 0 aromatic carbocycles. The summed E-state index contributed by atoms with van der Waals surface area (Å²) in [6.45, 7) is 7.38. The van der Waals surface area contributed by atoms with E-state index in [1.54, 1.807) is 7.11 Å². The normalized spacial score (nSPS) is 32.4. The van der Waals surface area contributed by atoms with Gasteiger partial charge in [-0.1, -0.05) is 20.8 Å². The smallest absolute Gasteiger partial charge is 0.136 e. The first-order valence-corrected chi connectivity index (χ1v) is 6.56. The van der Waals surface area contributed by atoms with Crippen LogP contribution >= 0.6 is 0 Å². The minimum Gasteiger partial charge on any atom is -0.384 e. The number of hydrogen-bond acceptors (Lipinski definition) is 2. The van der Waals surface area contributed by atoms with Crippen LogP contribution in [0.1, 0.15) is 46.5 Å². The highest BCUT2D eigenvalue weighted by molar-refractivity contribution is 5.81. The lowest BCUT2D eigenvalue weighted by atomic mass is 9.73. The number of rotatable bonds is 5. The van der Waals surface area contributed by atoms with Crippen LogP contribution in [0.5, 0.6) is 0 Å². The van der Waals surface area contributed by atoms with Crippen molar-refractivity contribution >= 4 is 5.78 Å². The minimum absolute atomic E-state index is 0.325. The van der Waals surface area contributed by atoms with Gasteiger partial charge in [-0.05, 0) is 37.0 Å². The molecule has 0 radical (unpaired) electrons. The van der Waals surface area contributed by atoms with Crippen molar-refractivity contribution < 1.29 is 9.53 Å². The molecule has 94 valence electrons. The molecule has 1 aliphatic rings. The maximum Gasteiger partial charge on any atom is 0.136 e. The van der Waals surface area contributed by atoms with Gasteiger partial charge >= 0.3 is 0 Å². The number of methoxy groups -OCH3 is 1. The van der Waals surface area contributed by atoms with E-state index in [-0.39, 0.29) is 0 Å². The Labute approximate surface area is 99.8 Å². The van der Waals surface area contributed by atoms with Gasteiger partial charge in [-0.3, -0.25) is 4.79 Å². The molecule has 0 bridgehead atoms. The van der Waals surface area contributed by atoms with E-state index in [1.165, 1.54) is 6.42 Å². The van der Waals surface area contributed by atoms with Gasteiger partial charge in [-0.25, -0.2) is 0 Å². The Morgan fingerprint density at radius 3 is 2.56 bits per heavy atom. The standard InChI is InChI=1S/C14H26O2/c1-10(9-16-4)7-14(15)13-6-5-11(2)12(3)8-13/h10-13H,5-9H2,1-4H3. The molecule has 0 saturated heterocycles. The highest BCUT2D eigenvalue weighted by Crippen LogP contribution is 2.34. The van der Waals surface area contributed by atoms with E-state index in [2.05, 4.69) is 20.8 Å². The zero-order chi connectivity index (χ0) is 12.1. The van der Waals surface area contributed by atoms with Crippen molar-refractivity contribution in [2.45, 2.75) is 46.5 Å². The number of Topliss-reactive ketones (excluding diaryl/α,β-unsaturated/α-hetero) is 1.